The van der Waals surface area contributed by atoms with Crippen LogP contribution in [0.5, 0.6) is 17.2 Å². The molecule has 0 saturated carbocycles. The number of methoxy groups -OCH3 is 3. The van der Waals surface area contributed by atoms with Crippen LogP contribution in [0.1, 0.15) is 152 Å². The lowest BCUT2D eigenvalue weighted by Gasteiger charge is -2.29. The standard InChI is InChI=1S/C17H24O3.C16H22O3.C15H20O3/c1-5-17(2,3)16(18)20-15-8-6-7-12-11-13(19-4)9-10-14(12)15;1-5-16(2,3)15(17)19-14-9-6-11-10-12(18-4)7-8-13(11)14;1-4-10(2)15(16)18-14-8-5-11-9-12(17-3)6-7-13(11)14/h9-11,15H,5-8H2,1-4H3;7-8,10,14H,5-6,9H2,1-4H3;6-7,9-10,14H,4-5,8H2,1-3H3. The van der Waals surface area contributed by atoms with Crippen LogP contribution in [0.25, 0.3) is 0 Å². The molecule has 4 atom stereocenters. The molecule has 0 bridgehead atoms. The minimum absolute atomic E-state index is 0.0210. The van der Waals surface area contributed by atoms with Gasteiger partial charge in [-0.1, -0.05) is 45.9 Å². The molecule has 0 amide bonds. The average Bonchev–Trinajstić information content (AvgIpc) is 3.83. The molecule has 0 saturated heterocycles. The van der Waals surface area contributed by atoms with Gasteiger partial charge in [0.1, 0.15) is 35.6 Å². The fourth-order valence-electron chi connectivity index (χ4n) is 6.89. The first kappa shape index (κ1) is 45.2. The summed E-state index contributed by atoms with van der Waals surface area (Å²) in [4.78, 5) is 36.2. The number of carbonyl (C=O) groups excluding carboxylic acids is 3. The minimum Gasteiger partial charge on any atom is -0.497 e. The molecule has 3 aliphatic carbocycles. The highest BCUT2D eigenvalue weighted by Crippen LogP contribution is 2.39. The Bertz CT molecular complexity index is 1830. The van der Waals surface area contributed by atoms with Gasteiger partial charge >= 0.3 is 17.9 Å². The maximum Gasteiger partial charge on any atom is 0.312 e. The Morgan fingerprint density at radius 2 is 0.947 bits per heavy atom. The largest absolute Gasteiger partial charge is 0.497 e. The molecule has 4 unspecified atom stereocenters. The van der Waals surface area contributed by atoms with Gasteiger partial charge in [-0.25, -0.2) is 0 Å². The lowest BCUT2D eigenvalue weighted by atomic mass is 9.87. The smallest absolute Gasteiger partial charge is 0.312 e. The Kier molecular flexibility index (Phi) is 16.0. The van der Waals surface area contributed by atoms with E-state index in [0.717, 1.165) is 98.1 Å². The number of carbonyl (C=O) groups is 3. The molecule has 57 heavy (non-hydrogen) atoms. The van der Waals surface area contributed by atoms with Crippen molar-refractivity contribution in [2.24, 2.45) is 16.7 Å². The zero-order valence-corrected chi connectivity index (χ0v) is 36.3. The molecular weight excluding hydrogens is 721 g/mol. The Labute approximate surface area is 341 Å². The molecular formula is C48H66O9. The van der Waals surface area contributed by atoms with E-state index in [-0.39, 0.29) is 42.1 Å². The van der Waals surface area contributed by atoms with E-state index in [4.69, 9.17) is 28.4 Å². The second kappa shape index (κ2) is 20.2. The monoisotopic (exact) mass is 786 g/mol. The third-order valence-corrected chi connectivity index (χ3v) is 12.0. The lowest BCUT2D eigenvalue weighted by Crippen LogP contribution is -2.28. The summed E-state index contributed by atoms with van der Waals surface area (Å²) in [6.07, 6.45) is 8.73. The van der Waals surface area contributed by atoms with E-state index < -0.39 is 10.8 Å². The van der Waals surface area contributed by atoms with E-state index >= 15 is 0 Å². The van der Waals surface area contributed by atoms with E-state index in [1.54, 1.807) is 21.3 Å². The second-order valence-electron chi connectivity index (χ2n) is 16.7. The first-order valence-electron chi connectivity index (χ1n) is 20.7. The fourth-order valence-corrected chi connectivity index (χ4v) is 6.89. The highest BCUT2D eigenvalue weighted by Gasteiger charge is 2.34. The Balaban J connectivity index is 0.000000190. The van der Waals surface area contributed by atoms with Crippen LogP contribution >= 0.6 is 0 Å². The van der Waals surface area contributed by atoms with Crippen LogP contribution in [-0.4, -0.2) is 39.2 Å². The second-order valence-corrected chi connectivity index (χ2v) is 16.7. The van der Waals surface area contributed by atoms with E-state index in [1.807, 2.05) is 104 Å². The van der Waals surface area contributed by atoms with Crippen LogP contribution in [0.4, 0.5) is 0 Å². The Morgan fingerprint density at radius 1 is 0.579 bits per heavy atom. The van der Waals surface area contributed by atoms with Crippen LogP contribution in [0.3, 0.4) is 0 Å². The van der Waals surface area contributed by atoms with E-state index in [2.05, 4.69) is 6.07 Å². The van der Waals surface area contributed by atoms with Gasteiger partial charge in [-0.3, -0.25) is 14.4 Å². The zero-order chi connectivity index (χ0) is 41.9. The van der Waals surface area contributed by atoms with Gasteiger partial charge in [-0.05, 0) is 162 Å². The van der Waals surface area contributed by atoms with E-state index in [9.17, 15) is 14.4 Å². The maximum atomic E-state index is 12.3. The normalized spacial score (nSPS) is 18.5. The Hall–Kier alpha value is -4.53. The molecule has 3 aromatic carbocycles. The Morgan fingerprint density at radius 3 is 1.32 bits per heavy atom. The molecule has 9 nitrogen and oxygen atoms in total. The van der Waals surface area contributed by atoms with Crippen molar-refractivity contribution < 1.29 is 42.8 Å². The molecule has 0 N–H and O–H groups in total. The molecule has 9 heteroatoms. The fraction of sp³-hybridized carbons (Fsp3) is 0.562. The van der Waals surface area contributed by atoms with Crippen molar-refractivity contribution in [3.05, 3.63) is 88.0 Å². The average molecular weight is 787 g/mol. The van der Waals surface area contributed by atoms with Crippen LogP contribution in [0.15, 0.2) is 54.6 Å². The van der Waals surface area contributed by atoms with Crippen LogP contribution in [0, 0.1) is 16.7 Å². The van der Waals surface area contributed by atoms with Gasteiger partial charge in [0.05, 0.1) is 38.1 Å². The van der Waals surface area contributed by atoms with Crippen molar-refractivity contribution in [3.63, 3.8) is 0 Å². The number of esters is 3. The molecule has 312 valence electrons. The summed E-state index contributed by atoms with van der Waals surface area (Å²) in [6, 6.07) is 18.0. The number of aryl methyl sites for hydroxylation is 3. The van der Waals surface area contributed by atoms with Crippen LogP contribution < -0.4 is 14.2 Å². The molecule has 6 rings (SSSR count). The molecule has 3 aromatic rings. The van der Waals surface area contributed by atoms with Crippen molar-refractivity contribution in [2.75, 3.05) is 21.3 Å². The summed E-state index contributed by atoms with van der Waals surface area (Å²) in [6.45, 7) is 15.7. The lowest BCUT2D eigenvalue weighted by molar-refractivity contribution is -0.161. The van der Waals surface area contributed by atoms with Crippen molar-refractivity contribution in [1.82, 2.24) is 0 Å². The zero-order valence-electron chi connectivity index (χ0n) is 36.3. The highest BCUT2D eigenvalue weighted by molar-refractivity contribution is 5.76. The topological polar surface area (TPSA) is 107 Å². The third-order valence-electron chi connectivity index (χ3n) is 12.0. The van der Waals surface area contributed by atoms with Gasteiger partial charge in [0.15, 0.2) is 0 Å². The van der Waals surface area contributed by atoms with Crippen molar-refractivity contribution in [2.45, 2.75) is 138 Å². The number of hydrogen-bond acceptors (Lipinski definition) is 9. The molecule has 3 aliphatic rings. The first-order valence-corrected chi connectivity index (χ1v) is 20.7. The maximum absolute atomic E-state index is 12.3. The van der Waals surface area contributed by atoms with Crippen molar-refractivity contribution >= 4 is 17.9 Å². The third kappa shape index (κ3) is 11.5. The van der Waals surface area contributed by atoms with Crippen LogP contribution in [-0.2, 0) is 47.9 Å². The highest BCUT2D eigenvalue weighted by atomic mass is 16.6. The number of fused-ring (bicyclic) bond motifs is 3. The van der Waals surface area contributed by atoms with Gasteiger partial charge in [0, 0.05) is 0 Å². The summed E-state index contributed by atoms with van der Waals surface area (Å²) in [5.74, 6) is 2.27. The van der Waals surface area contributed by atoms with Crippen molar-refractivity contribution in [1.29, 1.82) is 0 Å². The van der Waals surface area contributed by atoms with Gasteiger partial charge in [0.25, 0.3) is 0 Å². The number of ether oxygens (including phenoxy) is 6. The predicted molar refractivity (Wildman–Crippen MR) is 223 cm³/mol. The molecule has 0 aromatic heterocycles. The first-order chi connectivity index (χ1) is 27.1. The van der Waals surface area contributed by atoms with Gasteiger partial charge in [-0.2, -0.15) is 0 Å². The summed E-state index contributed by atoms with van der Waals surface area (Å²) in [5.41, 5.74) is 6.27. The minimum atomic E-state index is -0.413. The summed E-state index contributed by atoms with van der Waals surface area (Å²) in [5, 5.41) is 0. The number of benzene rings is 3. The quantitative estimate of drug-likeness (QED) is 0.131. The number of rotatable bonds is 12. The van der Waals surface area contributed by atoms with E-state index in [0.29, 0.717) is 0 Å². The molecule has 0 heterocycles. The van der Waals surface area contributed by atoms with E-state index in [1.165, 1.54) is 16.7 Å². The van der Waals surface area contributed by atoms with Gasteiger partial charge < -0.3 is 28.4 Å². The van der Waals surface area contributed by atoms with Gasteiger partial charge in [0.2, 0.25) is 0 Å². The summed E-state index contributed by atoms with van der Waals surface area (Å²) >= 11 is 0. The molecule has 0 spiro atoms. The van der Waals surface area contributed by atoms with Gasteiger partial charge in [-0.15, -0.1) is 0 Å². The summed E-state index contributed by atoms with van der Waals surface area (Å²) < 4.78 is 32.7. The number of hydrogen-bond donors (Lipinski definition) is 0. The van der Waals surface area contributed by atoms with Crippen LogP contribution in [0.2, 0.25) is 0 Å². The SMILES string of the molecule is CCC(C)(C)C(=O)OC1CCCc2cc(OC)ccc21.CCC(C)(C)C(=O)OC1CCc2cc(OC)ccc21.CCC(C)C(=O)OC1CCc2cc(OC)ccc21. The summed E-state index contributed by atoms with van der Waals surface area (Å²) in [7, 11) is 5.00. The predicted octanol–water partition coefficient (Wildman–Crippen LogP) is 11.0. The molecule has 0 radical (unpaired) electrons. The molecule has 0 aliphatic heterocycles. The van der Waals surface area contributed by atoms with Crippen molar-refractivity contribution in [3.8, 4) is 17.2 Å². The molecule has 0 fully saturated rings.